The maximum Gasteiger partial charge on any atom is 0.251 e. The Bertz CT molecular complexity index is 455. The quantitative estimate of drug-likeness (QED) is 0.730. The lowest BCUT2D eigenvalue weighted by molar-refractivity contribution is 0.0949. The number of likely N-dealkylation sites (N-methyl/N-ethyl adjacent to an activating group) is 1. The van der Waals surface area contributed by atoms with E-state index >= 15 is 0 Å². The highest BCUT2D eigenvalue weighted by Gasteiger charge is 2.12. The predicted octanol–water partition coefficient (Wildman–Crippen LogP) is 2.63. The van der Waals surface area contributed by atoms with Gasteiger partial charge < -0.3 is 20.1 Å². The molecule has 0 aliphatic rings. The van der Waals surface area contributed by atoms with E-state index in [-0.39, 0.29) is 24.4 Å². The van der Waals surface area contributed by atoms with Gasteiger partial charge in [-0.05, 0) is 45.5 Å². The van der Waals surface area contributed by atoms with E-state index in [9.17, 15) is 4.79 Å². The van der Waals surface area contributed by atoms with Crippen molar-refractivity contribution >= 4 is 18.3 Å². The third kappa shape index (κ3) is 6.54. The molecule has 0 radical (unpaired) electrons. The fourth-order valence-corrected chi connectivity index (χ4v) is 1.96. The summed E-state index contributed by atoms with van der Waals surface area (Å²) in [7, 11) is 0. The molecule has 6 heteroatoms. The second kappa shape index (κ2) is 11.2. The molecule has 0 aromatic heterocycles. The molecule has 1 aromatic carbocycles. The minimum Gasteiger partial charge on any atom is -0.490 e. The predicted molar refractivity (Wildman–Crippen MR) is 91.5 cm³/mol. The molecule has 5 nitrogen and oxygen atoms in total. The van der Waals surface area contributed by atoms with Crippen LogP contribution in [0.4, 0.5) is 0 Å². The number of carbonyl (C=O) groups is 1. The molecule has 1 atom stereocenters. The molecule has 126 valence electrons. The highest BCUT2D eigenvalue weighted by atomic mass is 35.5. The van der Waals surface area contributed by atoms with Crippen LogP contribution in [0.2, 0.25) is 0 Å². The number of ether oxygens (including phenoxy) is 2. The average molecular weight is 331 g/mol. The minimum absolute atomic E-state index is 0. The Morgan fingerprint density at radius 1 is 1.14 bits per heavy atom. The van der Waals surface area contributed by atoms with E-state index in [1.807, 2.05) is 27.7 Å². The van der Waals surface area contributed by atoms with Gasteiger partial charge in [-0.3, -0.25) is 4.79 Å². The lowest BCUT2D eigenvalue weighted by atomic mass is 10.2. The highest BCUT2D eigenvalue weighted by Crippen LogP contribution is 2.28. The normalized spacial score (nSPS) is 11.3. The largest absolute Gasteiger partial charge is 0.490 e. The zero-order valence-electron chi connectivity index (χ0n) is 13.8. The summed E-state index contributed by atoms with van der Waals surface area (Å²) in [5.41, 5.74) is 0.575. The molecular weight excluding hydrogens is 304 g/mol. The van der Waals surface area contributed by atoms with Gasteiger partial charge in [0.25, 0.3) is 5.91 Å². The summed E-state index contributed by atoms with van der Waals surface area (Å²) < 4.78 is 11.0. The smallest absolute Gasteiger partial charge is 0.251 e. The molecule has 0 spiro atoms. The number of carbonyl (C=O) groups excluding carboxylic acids is 1. The van der Waals surface area contributed by atoms with Gasteiger partial charge in [0, 0.05) is 18.2 Å². The molecule has 0 aliphatic carbocycles. The number of amides is 1. The zero-order valence-corrected chi connectivity index (χ0v) is 14.6. The molecule has 0 aliphatic heterocycles. The van der Waals surface area contributed by atoms with Crippen LogP contribution in [0.3, 0.4) is 0 Å². The van der Waals surface area contributed by atoms with Gasteiger partial charge >= 0.3 is 0 Å². The monoisotopic (exact) mass is 330 g/mol. The molecule has 22 heavy (non-hydrogen) atoms. The van der Waals surface area contributed by atoms with Gasteiger partial charge in [0.1, 0.15) is 0 Å². The van der Waals surface area contributed by atoms with Crippen molar-refractivity contribution in [2.75, 3.05) is 26.3 Å². The summed E-state index contributed by atoms with van der Waals surface area (Å²) in [5.74, 6) is 1.16. The summed E-state index contributed by atoms with van der Waals surface area (Å²) in [4.78, 5) is 12.1. The van der Waals surface area contributed by atoms with Gasteiger partial charge in [-0.1, -0.05) is 6.92 Å². The Labute approximate surface area is 139 Å². The van der Waals surface area contributed by atoms with Crippen molar-refractivity contribution in [3.8, 4) is 11.5 Å². The Morgan fingerprint density at radius 2 is 1.77 bits per heavy atom. The standard InChI is InChI=1S/C16H26N2O3.ClH/c1-5-17-12(4)11-18-16(19)13-8-9-14(20-6-2)15(10-13)21-7-3;/h8-10,12,17H,5-7,11H2,1-4H3,(H,18,19);1H/t12-;/m1./s1. The number of rotatable bonds is 9. The molecule has 0 saturated heterocycles. The molecule has 1 amide bonds. The summed E-state index contributed by atoms with van der Waals surface area (Å²) in [6.07, 6.45) is 0. The van der Waals surface area contributed by atoms with Crippen LogP contribution in [-0.4, -0.2) is 38.3 Å². The highest BCUT2D eigenvalue weighted by molar-refractivity contribution is 5.94. The summed E-state index contributed by atoms with van der Waals surface area (Å²) in [6.45, 7) is 10.5. The van der Waals surface area contributed by atoms with Gasteiger partial charge in [0.15, 0.2) is 11.5 Å². The van der Waals surface area contributed by atoms with Crippen molar-refractivity contribution in [1.82, 2.24) is 10.6 Å². The van der Waals surface area contributed by atoms with Crippen LogP contribution in [0.1, 0.15) is 38.1 Å². The average Bonchev–Trinajstić information content (AvgIpc) is 2.47. The van der Waals surface area contributed by atoms with Crippen LogP contribution in [0, 0.1) is 0 Å². The van der Waals surface area contributed by atoms with E-state index in [1.54, 1.807) is 18.2 Å². The molecule has 0 bridgehead atoms. The number of hydrogen-bond donors (Lipinski definition) is 2. The second-order valence-electron chi connectivity index (χ2n) is 4.70. The van der Waals surface area contributed by atoms with Crippen molar-refractivity contribution in [2.24, 2.45) is 0 Å². The third-order valence-corrected chi connectivity index (χ3v) is 2.93. The van der Waals surface area contributed by atoms with Crippen molar-refractivity contribution < 1.29 is 14.3 Å². The summed E-state index contributed by atoms with van der Waals surface area (Å²) in [6, 6.07) is 5.49. The molecule has 0 fully saturated rings. The summed E-state index contributed by atoms with van der Waals surface area (Å²) in [5, 5.41) is 6.16. The van der Waals surface area contributed by atoms with Gasteiger partial charge in [-0.2, -0.15) is 0 Å². The SMILES string of the molecule is CCN[C@H](C)CNC(=O)c1ccc(OCC)c(OCC)c1.Cl. The van der Waals surface area contributed by atoms with E-state index in [0.717, 1.165) is 6.54 Å². The first-order valence-electron chi connectivity index (χ1n) is 7.53. The van der Waals surface area contributed by atoms with Crippen molar-refractivity contribution in [3.63, 3.8) is 0 Å². The Morgan fingerprint density at radius 3 is 2.36 bits per heavy atom. The van der Waals surface area contributed by atoms with Crippen LogP contribution in [0.5, 0.6) is 11.5 Å². The molecule has 0 unspecified atom stereocenters. The first kappa shape index (κ1) is 20.5. The van der Waals surface area contributed by atoms with Crippen LogP contribution < -0.4 is 20.1 Å². The molecule has 0 saturated carbocycles. The fourth-order valence-electron chi connectivity index (χ4n) is 1.96. The second-order valence-corrected chi connectivity index (χ2v) is 4.70. The van der Waals surface area contributed by atoms with Crippen LogP contribution in [-0.2, 0) is 0 Å². The first-order valence-corrected chi connectivity index (χ1v) is 7.53. The van der Waals surface area contributed by atoms with E-state index < -0.39 is 0 Å². The molecule has 0 heterocycles. The molecular formula is C16H27ClN2O3. The number of nitrogens with one attached hydrogen (secondary N) is 2. The van der Waals surface area contributed by atoms with Crippen molar-refractivity contribution in [3.05, 3.63) is 23.8 Å². The van der Waals surface area contributed by atoms with Gasteiger partial charge in [-0.25, -0.2) is 0 Å². The maximum absolute atomic E-state index is 12.1. The lowest BCUT2D eigenvalue weighted by Gasteiger charge is -2.15. The van der Waals surface area contributed by atoms with E-state index in [0.29, 0.717) is 36.8 Å². The van der Waals surface area contributed by atoms with Crippen molar-refractivity contribution in [1.29, 1.82) is 0 Å². The van der Waals surface area contributed by atoms with Gasteiger partial charge in [0.2, 0.25) is 0 Å². The maximum atomic E-state index is 12.1. The van der Waals surface area contributed by atoms with Crippen LogP contribution >= 0.6 is 12.4 Å². The summed E-state index contributed by atoms with van der Waals surface area (Å²) >= 11 is 0. The van der Waals surface area contributed by atoms with Crippen LogP contribution in [0.25, 0.3) is 0 Å². The number of hydrogen-bond acceptors (Lipinski definition) is 4. The lowest BCUT2D eigenvalue weighted by Crippen LogP contribution is -2.38. The van der Waals surface area contributed by atoms with E-state index in [4.69, 9.17) is 9.47 Å². The van der Waals surface area contributed by atoms with Gasteiger partial charge in [-0.15, -0.1) is 12.4 Å². The van der Waals surface area contributed by atoms with Crippen molar-refractivity contribution in [2.45, 2.75) is 33.7 Å². The zero-order chi connectivity index (χ0) is 15.7. The third-order valence-electron chi connectivity index (χ3n) is 2.93. The van der Waals surface area contributed by atoms with Gasteiger partial charge in [0.05, 0.1) is 13.2 Å². The topological polar surface area (TPSA) is 59.6 Å². The number of halogens is 1. The van der Waals surface area contributed by atoms with E-state index in [1.165, 1.54) is 0 Å². The number of benzene rings is 1. The Kier molecular flexibility index (Phi) is 10.4. The molecule has 1 rings (SSSR count). The fraction of sp³-hybridized carbons (Fsp3) is 0.562. The Hall–Kier alpha value is -1.46. The Balaban J connectivity index is 0.00000441. The van der Waals surface area contributed by atoms with E-state index in [2.05, 4.69) is 10.6 Å². The first-order chi connectivity index (χ1) is 10.1. The molecule has 2 N–H and O–H groups in total. The molecule has 1 aromatic rings. The minimum atomic E-state index is -0.108. The van der Waals surface area contributed by atoms with Crippen LogP contribution in [0.15, 0.2) is 18.2 Å².